The first kappa shape index (κ1) is 18.0. The van der Waals surface area contributed by atoms with Gasteiger partial charge in [-0.25, -0.2) is 17.9 Å². The fourth-order valence-electron chi connectivity index (χ4n) is 1.45. The second kappa shape index (κ2) is 7.30. The lowest BCUT2D eigenvalue weighted by Gasteiger charge is -2.09. The number of sulfonamides is 1. The van der Waals surface area contributed by atoms with E-state index < -0.39 is 43.0 Å². The summed E-state index contributed by atoms with van der Waals surface area (Å²) in [5.74, 6) is -1.47. The van der Waals surface area contributed by atoms with Crippen molar-refractivity contribution >= 4 is 38.3 Å². The van der Waals surface area contributed by atoms with E-state index >= 15 is 0 Å². The minimum atomic E-state index is -4.34. The molecule has 10 heteroatoms. The normalized spacial score (nSPS) is 13.0. The van der Waals surface area contributed by atoms with Crippen molar-refractivity contribution in [3.8, 4) is 0 Å². The summed E-state index contributed by atoms with van der Waals surface area (Å²) < 4.78 is 47.7. The van der Waals surface area contributed by atoms with E-state index in [1.54, 1.807) is 6.92 Å². The zero-order valence-electron chi connectivity index (χ0n) is 11.1. The standard InChI is InChI=1S/C11H14ClFN2O4S2/c1-2-20(17)4-3-15-11(16)8-5-7(12)6-9(10(8)13)21(14,18)19/h5-6H,2-4H2,1H3,(H,15,16)(H2,14,18,19). The number of carbonyl (C=O) groups excluding carboxylic acids is 1. The molecule has 0 aliphatic heterocycles. The Bertz CT molecular complexity index is 679. The second-order valence-corrected chi connectivity index (χ2v) is 7.83. The molecule has 1 aromatic rings. The molecular formula is C11H14ClFN2O4S2. The van der Waals surface area contributed by atoms with Crippen LogP contribution in [0.4, 0.5) is 4.39 Å². The van der Waals surface area contributed by atoms with Gasteiger partial charge in [-0.2, -0.15) is 0 Å². The Kier molecular flexibility index (Phi) is 6.26. The van der Waals surface area contributed by atoms with E-state index in [1.165, 1.54) is 0 Å². The Labute approximate surface area is 129 Å². The summed E-state index contributed by atoms with van der Waals surface area (Å²) in [5, 5.41) is 7.06. The number of benzene rings is 1. The maximum atomic E-state index is 14.0. The van der Waals surface area contributed by atoms with Gasteiger partial charge < -0.3 is 5.32 Å². The number of primary sulfonamides is 1. The fraction of sp³-hybridized carbons (Fsp3) is 0.364. The number of carbonyl (C=O) groups is 1. The van der Waals surface area contributed by atoms with Gasteiger partial charge in [0.2, 0.25) is 10.0 Å². The minimum Gasteiger partial charge on any atom is -0.351 e. The van der Waals surface area contributed by atoms with Crippen LogP contribution in [-0.2, 0) is 20.8 Å². The summed E-state index contributed by atoms with van der Waals surface area (Å²) in [6.45, 7) is 1.79. The van der Waals surface area contributed by atoms with Gasteiger partial charge in [-0.1, -0.05) is 18.5 Å². The van der Waals surface area contributed by atoms with Crippen molar-refractivity contribution in [1.29, 1.82) is 0 Å². The summed E-state index contributed by atoms with van der Waals surface area (Å²) in [5.41, 5.74) is -0.534. The highest BCUT2D eigenvalue weighted by atomic mass is 35.5. The van der Waals surface area contributed by atoms with E-state index in [-0.39, 0.29) is 17.3 Å². The smallest absolute Gasteiger partial charge is 0.254 e. The number of hydrogen-bond acceptors (Lipinski definition) is 4. The van der Waals surface area contributed by atoms with Crippen LogP contribution in [0.3, 0.4) is 0 Å². The lowest BCUT2D eigenvalue weighted by atomic mass is 10.2. The predicted molar refractivity (Wildman–Crippen MR) is 78.7 cm³/mol. The second-order valence-electron chi connectivity index (χ2n) is 4.00. The average Bonchev–Trinajstić information content (AvgIpc) is 2.39. The van der Waals surface area contributed by atoms with Crippen LogP contribution in [0.25, 0.3) is 0 Å². The molecule has 0 saturated heterocycles. The Morgan fingerprint density at radius 3 is 2.62 bits per heavy atom. The van der Waals surface area contributed by atoms with Gasteiger partial charge in [-0.15, -0.1) is 0 Å². The molecule has 1 unspecified atom stereocenters. The van der Waals surface area contributed by atoms with Crippen molar-refractivity contribution in [2.75, 3.05) is 18.1 Å². The van der Waals surface area contributed by atoms with Crippen LogP contribution in [0.5, 0.6) is 0 Å². The Morgan fingerprint density at radius 1 is 1.48 bits per heavy atom. The van der Waals surface area contributed by atoms with Crippen LogP contribution in [0.1, 0.15) is 17.3 Å². The molecule has 1 aromatic carbocycles. The molecule has 0 fully saturated rings. The van der Waals surface area contributed by atoms with Crippen molar-refractivity contribution in [2.24, 2.45) is 5.14 Å². The molecule has 6 nitrogen and oxygen atoms in total. The Hall–Kier alpha value is -1.03. The van der Waals surface area contributed by atoms with Crippen LogP contribution in [0.15, 0.2) is 17.0 Å². The van der Waals surface area contributed by atoms with E-state index in [1.807, 2.05) is 0 Å². The number of nitrogens with two attached hydrogens (primary N) is 1. The molecule has 0 bridgehead atoms. The highest BCUT2D eigenvalue weighted by Gasteiger charge is 2.22. The number of halogens is 2. The molecule has 0 radical (unpaired) electrons. The van der Waals surface area contributed by atoms with Gasteiger partial charge in [0, 0.05) is 33.9 Å². The third-order valence-corrected chi connectivity index (χ3v) is 4.92. The first-order valence-electron chi connectivity index (χ1n) is 5.81. The summed E-state index contributed by atoms with van der Waals surface area (Å²) in [7, 11) is -5.42. The SMILES string of the molecule is CCS(=O)CCNC(=O)c1cc(Cl)cc(S(N)(=O)=O)c1F. The molecular weight excluding hydrogens is 343 g/mol. The van der Waals surface area contributed by atoms with Crippen molar-refractivity contribution in [3.63, 3.8) is 0 Å². The maximum absolute atomic E-state index is 14.0. The number of hydrogen-bond donors (Lipinski definition) is 2. The Morgan fingerprint density at radius 2 is 2.10 bits per heavy atom. The zero-order chi connectivity index (χ0) is 16.2. The predicted octanol–water partition coefficient (Wildman–Crippen LogP) is 0.625. The van der Waals surface area contributed by atoms with E-state index in [2.05, 4.69) is 5.32 Å². The van der Waals surface area contributed by atoms with Crippen molar-refractivity contribution in [3.05, 3.63) is 28.5 Å². The number of nitrogens with one attached hydrogen (secondary N) is 1. The zero-order valence-corrected chi connectivity index (χ0v) is 13.4. The Balaban J connectivity index is 3.00. The third-order valence-electron chi connectivity index (χ3n) is 2.49. The minimum absolute atomic E-state index is 0.0654. The summed E-state index contributed by atoms with van der Waals surface area (Å²) >= 11 is 5.66. The average molecular weight is 357 g/mol. The molecule has 1 amide bonds. The van der Waals surface area contributed by atoms with E-state index in [0.29, 0.717) is 5.75 Å². The molecule has 1 rings (SSSR count). The van der Waals surface area contributed by atoms with Crippen molar-refractivity contribution in [1.82, 2.24) is 5.32 Å². The molecule has 1 atom stereocenters. The van der Waals surface area contributed by atoms with Crippen LogP contribution in [0.2, 0.25) is 5.02 Å². The van der Waals surface area contributed by atoms with E-state index in [4.69, 9.17) is 16.7 Å². The molecule has 0 aromatic heterocycles. The quantitative estimate of drug-likeness (QED) is 0.779. The van der Waals surface area contributed by atoms with Gasteiger partial charge >= 0.3 is 0 Å². The highest BCUT2D eigenvalue weighted by Crippen LogP contribution is 2.22. The molecule has 0 heterocycles. The van der Waals surface area contributed by atoms with Crippen LogP contribution >= 0.6 is 11.6 Å². The fourth-order valence-corrected chi connectivity index (χ4v) is 3.01. The first-order valence-corrected chi connectivity index (χ1v) is 9.23. The number of amides is 1. The van der Waals surface area contributed by atoms with Gasteiger partial charge in [-0.05, 0) is 12.1 Å². The van der Waals surface area contributed by atoms with Crippen molar-refractivity contribution in [2.45, 2.75) is 11.8 Å². The highest BCUT2D eigenvalue weighted by molar-refractivity contribution is 7.89. The number of rotatable bonds is 6. The van der Waals surface area contributed by atoms with Gasteiger partial charge in [-0.3, -0.25) is 9.00 Å². The van der Waals surface area contributed by atoms with Crippen molar-refractivity contribution < 1.29 is 21.8 Å². The third kappa shape index (κ3) is 5.03. The largest absolute Gasteiger partial charge is 0.351 e. The van der Waals surface area contributed by atoms with Gasteiger partial charge in [0.15, 0.2) is 5.82 Å². The van der Waals surface area contributed by atoms with Crippen LogP contribution in [0, 0.1) is 5.82 Å². The molecule has 0 aliphatic rings. The van der Waals surface area contributed by atoms with E-state index in [0.717, 1.165) is 12.1 Å². The summed E-state index contributed by atoms with van der Waals surface area (Å²) in [6, 6.07) is 1.83. The molecule has 0 spiro atoms. The molecule has 0 saturated carbocycles. The summed E-state index contributed by atoms with van der Waals surface area (Å²) in [6.07, 6.45) is 0. The molecule has 3 N–H and O–H groups in total. The molecule has 21 heavy (non-hydrogen) atoms. The monoisotopic (exact) mass is 356 g/mol. The molecule has 118 valence electrons. The van der Waals surface area contributed by atoms with Crippen LogP contribution < -0.4 is 10.5 Å². The van der Waals surface area contributed by atoms with E-state index in [9.17, 15) is 21.8 Å². The van der Waals surface area contributed by atoms with Crippen LogP contribution in [-0.4, -0.2) is 36.6 Å². The first-order chi connectivity index (χ1) is 9.66. The molecule has 0 aliphatic carbocycles. The lowest BCUT2D eigenvalue weighted by molar-refractivity contribution is 0.0951. The van der Waals surface area contributed by atoms with Gasteiger partial charge in [0.25, 0.3) is 5.91 Å². The topological polar surface area (TPSA) is 106 Å². The summed E-state index contributed by atoms with van der Waals surface area (Å²) in [4.78, 5) is 11.0. The lowest BCUT2D eigenvalue weighted by Crippen LogP contribution is -2.29. The van der Waals surface area contributed by atoms with Gasteiger partial charge in [0.1, 0.15) is 4.90 Å². The van der Waals surface area contributed by atoms with Gasteiger partial charge in [0.05, 0.1) is 5.56 Å². The maximum Gasteiger partial charge on any atom is 0.254 e.